The molecule has 0 aromatic heterocycles. The standard InChI is InChI=1S/C13H21BrN2O2S/c1-9(2)6-10(3)16-19(17,18)13-7-11(8-15)4-5-12(13)14/h4-5,7,9-10,16H,6,8,15H2,1-3H3. The highest BCUT2D eigenvalue weighted by Crippen LogP contribution is 2.23. The Morgan fingerprint density at radius 3 is 2.47 bits per heavy atom. The van der Waals surface area contributed by atoms with E-state index in [1.54, 1.807) is 18.2 Å². The first-order valence-electron chi connectivity index (χ1n) is 6.27. The summed E-state index contributed by atoms with van der Waals surface area (Å²) in [6.07, 6.45) is 0.799. The van der Waals surface area contributed by atoms with Crippen LogP contribution in [0.2, 0.25) is 0 Å². The maximum Gasteiger partial charge on any atom is 0.241 e. The molecule has 0 saturated carbocycles. The van der Waals surface area contributed by atoms with E-state index in [-0.39, 0.29) is 10.9 Å². The van der Waals surface area contributed by atoms with Crippen LogP contribution in [0.5, 0.6) is 0 Å². The Hall–Kier alpha value is -0.430. The summed E-state index contributed by atoms with van der Waals surface area (Å²) < 4.78 is 27.9. The van der Waals surface area contributed by atoms with Crippen molar-refractivity contribution in [3.63, 3.8) is 0 Å². The molecule has 4 nitrogen and oxygen atoms in total. The van der Waals surface area contributed by atoms with Gasteiger partial charge in [-0.2, -0.15) is 0 Å². The number of hydrogen-bond donors (Lipinski definition) is 2. The van der Waals surface area contributed by atoms with E-state index < -0.39 is 10.0 Å². The second-order valence-corrected chi connectivity index (χ2v) is 7.66. The van der Waals surface area contributed by atoms with Crippen LogP contribution in [-0.4, -0.2) is 14.5 Å². The van der Waals surface area contributed by atoms with E-state index in [0.717, 1.165) is 12.0 Å². The first-order valence-corrected chi connectivity index (χ1v) is 8.54. The predicted molar refractivity (Wildman–Crippen MR) is 81.3 cm³/mol. The minimum Gasteiger partial charge on any atom is -0.326 e. The van der Waals surface area contributed by atoms with Crippen LogP contribution < -0.4 is 10.5 Å². The van der Waals surface area contributed by atoms with E-state index in [0.29, 0.717) is 16.9 Å². The number of rotatable bonds is 6. The Labute approximate surface area is 124 Å². The van der Waals surface area contributed by atoms with Gasteiger partial charge in [-0.15, -0.1) is 0 Å². The lowest BCUT2D eigenvalue weighted by Crippen LogP contribution is -2.33. The van der Waals surface area contributed by atoms with E-state index in [2.05, 4.69) is 34.5 Å². The third-order valence-corrected chi connectivity index (χ3v) is 5.29. The summed E-state index contributed by atoms with van der Waals surface area (Å²) in [5.41, 5.74) is 6.34. The van der Waals surface area contributed by atoms with Crippen molar-refractivity contribution in [3.05, 3.63) is 28.2 Å². The largest absolute Gasteiger partial charge is 0.326 e. The van der Waals surface area contributed by atoms with Crippen molar-refractivity contribution < 1.29 is 8.42 Å². The predicted octanol–water partition coefficient (Wildman–Crippen LogP) is 2.62. The van der Waals surface area contributed by atoms with Gasteiger partial charge in [-0.05, 0) is 52.9 Å². The van der Waals surface area contributed by atoms with Gasteiger partial charge in [0.1, 0.15) is 0 Å². The Morgan fingerprint density at radius 2 is 1.95 bits per heavy atom. The van der Waals surface area contributed by atoms with E-state index in [1.165, 1.54) is 0 Å². The lowest BCUT2D eigenvalue weighted by molar-refractivity contribution is 0.482. The molecule has 1 rings (SSSR count). The van der Waals surface area contributed by atoms with Crippen LogP contribution in [0.1, 0.15) is 32.8 Å². The molecule has 0 bridgehead atoms. The molecular formula is C13H21BrN2O2S. The van der Waals surface area contributed by atoms with Crippen LogP contribution in [0.4, 0.5) is 0 Å². The number of hydrogen-bond acceptors (Lipinski definition) is 3. The monoisotopic (exact) mass is 348 g/mol. The van der Waals surface area contributed by atoms with Crippen LogP contribution in [0, 0.1) is 5.92 Å². The molecule has 6 heteroatoms. The van der Waals surface area contributed by atoms with E-state index >= 15 is 0 Å². The molecule has 0 aliphatic rings. The number of sulfonamides is 1. The van der Waals surface area contributed by atoms with Crippen LogP contribution in [0.3, 0.4) is 0 Å². The third-order valence-electron chi connectivity index (χ3n) is 2.70. The van der Waals surface area contributed by atoms with E-state index in [4.69, 9.17) is 5.73 Å². The summed E-state index contributed by atoms with van der Waals surface area (Å²) in [7, 11) is -3.52. The molecule has 0 spiro atoms. The second kappa shape index (κ2) is 6.83. The molecule has 1 aromatic rings. The summed E-state index contributed by atoms with van der Waals surface area (Å²) >= 11 is 3.28. The molecule has 0 heterocycles. The van der Waals surface area contributed by atoms with Gasteiger partial charge in [0.05, 0.1) is 4.90 Å². The Bertz CT molecular complexity index is 529. The molecule has 0 aliphatic carbocycles. The van der Waals surface area contributed by atoms with Crippen molar-refractivity contribution in [1.82, 2.24) is 4.72 Å². The maximum atomic E-state index is 12.3. The van der Waals surface area contributed by atoms with Crippen molar-refractivity contribution in [2.45, 2.75) is 44.7 Å². The molecule has 0 amide bonds. The number of benzene rings is 1. The van der Waals surface area contributed by atoms with Gasteiger partial charge in [-0.1, -0.05) is 19.9 Å². The van der Waals surface area contributed by atoms with E-state index in [9.17, 15) is 8.42 Å². The molecule has 108 valence electrons. The minimum atomic E-state index is -3.52. The van der Waals surface area contributed by atoms with Gasteiger partial charge in [0.25, 0.3) is 0 Å². The molecule has 0 saturated heterocycles. The fourth-order valence-corrected chi connectivity index (χ4v) is 4.23. The zero-order chi connectivity index (χ0) is 14.6. The molecular weight excluding hydrogens is 328 g/mol. The highest BCUT2D eigenvalue weighted by Gasteiger charge is 2.20. The van der Waals surface area contributed by atoms with Crippen molar-refractivity contribution in [2.75, 3.05) is 0 Å². The topological polar surface area (TPSA) is 72.2 Å². The normalized spacial score (nSPS) is 13.8. The minimum absolute atomic E-state index is 0.0987. The smallest absolute Gasteiger partial charge is 0.241 e. The van der Waals surface area contributed by atoms with Crippen molar-refractivity contribution >= 4 is 26.0 Å². The van der Waals surface area contributed by atoms with Gasteiger partial charge in [0.15, 0.2) is 0 Å². The molecule has 0 aliphatic heterocycles. The zero-order valence-electron chi connectivity index (χ0n) is 11.5. The summed E-state index contributed by atoms with van der Waals surface area (Å²) in [6, 6.07) is 5.03. The molecule has 3 N–H and O–H groups in total. The van der Waals surface area contributed by atoms with Crippen LogP contribution in [0.25, 0.3) is 0 Å². The molecule has 19 heavy (non-hydrogen) atoms. The highest BCUT2D eigenvalue weighted by molar-refractivity contribution is 9.10. The lowest BCUT2D eigenvalue weighted by Gasteiger charge is -2.17. The summed E-state index contributed by atoms with van der Waals surface area (Å²) in [4.78, 5) is 0.242. The third kappa shape index (κ3) is 4.87. The Kier molecular flexibility index (Phi) is 5.98. The number of halogens is 1. The number of nitrogens with one attached hydrogen (secondary N) is 1. The van der Waals surface area contributed by atoms with Crippen LogP contribution in [-0.2, 0) is 16.6 Å². The van der Waals surface area contributed by atoms with Gasteiger partial charge in [0.2, 0.25) is 10.0 Å². The summed E-state index contributed by atoms with van der Waals surface area (Å²) in [5, 5.41) is 0. The first kappa shape index (κ1) is 16.6. The van der Waals surface area contributed by atoms with Gasteiger partial charge in [-0.25, -0.2) is 13.1 Å². The molecule has 1 unspecified atom stereocenters. The summed E-state index contributed by atoms with van der Waals surface area (Å²) in [6.45, 7) is 6.32. The molecule has 0 fully saturated rings. The maximum absolute atomic E-state index is 12.3. The highest BCUT2D eigenvalue weighted by atomic mass is 79.9. The Morgan fingerprint density at radius 1 is 1.32 bits per heavy atom. The average Bonchev–Trinajstić information content (AvgIpc) is 2.27. The second-order valence-electron chi connectivity index (χ2n) is 5.12. The average molecular weight is 349 g/mol. The lowest BCUT2D eigenvalue weighted by atomic mass is 10.1. The molecule has 0 radical (unpaired) electrons. The van der Waals surface area contributed by atoms with Crippen LogP contribution in [0.15, 0.2) is 27.6 Å². The number of nitrogens with two attached hydrogens (primary N) is 1. The fourth-order valence-electron chi connectivity index (χ4n) is 1.96. The zero-order valence-corrected chi connectivity index (χ0v) is 13.9. The van der Waals surface area contributed by atoms with Crippen LogP contribution >= 0.6 is 15.9 Å². The van der Waals surface area contributed by atoms with E-state index in [1.807, 2.05) is 6.92 Å². The van der Waals surface area contributed by atoms with Gasteiger partial charge < -0.3 is 5.73 Å². The first-order chi connectivity index (χ1) is 8.76. The van der Waals surface area contributed by atoms with Gasteiger partial charge in [-0.3, -0.25) is 0 Å². The van der Waals surface area contributed by atoms with Crippen molar-refractivity contribution in [3.8, 4) is 0 Å². The quantitative estimate of drug-likeness (QED) is 0.829. The summed E-state index contributed by atoms with van der Waals surface area (Å²) in [5.74, 6) is 0.441. The fraction of sp³-hybridized carbons (Fsp3) is 0.538. The van der Waals surface area contributed by atoms with Crippen molar-refractivity contribution in [2.24, 2.45) is 11.7 Å². The van der Waals surface area contributed by atoms with Gasteiger partial charge in [0, 0.05) is 17.1 Å². The molecule has 1 aromatic carbocycles. The van der Waals surface area contributed by atoms with Crippen molar-refractivity contribution in [1.29, 1.82) is 0 Å². The Balaban J connectivity index is 3.00. The van der Waals surface area contributed by atoms with Gasteiger partial charge >= 0.3 is 0 Å². The molecule has 1 atom stereocenters. The SMILES string of the molecule is CC(C)CC(C)NS(=O)(=O)c1cc(CN)ccc1Br.